The lowest BCUT2D eigenvalue weighted by Crippen LogP contribution is -2.26. The molecule has 0 heterocycles. The van der Waals surface area contributed by atoms with Crippen LogP contribution in [0.25, 0.3) is 11.1 Å². The summed E-state index contributed by atoms with van der Waals surface area (Å²) < 4.78 is 55.2. The van der Waals surface area contributed by atoms with Gasteiger partial charge < -0.3 is 10.1 Å². The molecule has 168 valence electrons. The third-order valence-corrected chi connectivity index (χ3v) is 6.01. The molecular formula is C23H22F2N2O4S. The van der Waals surface area contributed by atoms with E-state index in [0.717, 1.165) is 27.3 Å². The molecule has 9 heteroatoms. The molecule has 3 aromatic carbocycles. The van der Waals surface area contributed by atoms with Gasteiger partial charge in [0.1, 0.15) is 5.75 Å². The second-order valence-corrected chi connectivity index (χ2v) is 9.17. The van der Waals surface area contributed by atoms with E-state index in [-0.39, 0.29) is 22.7 Å². The number of carbonyl (C=O) groups excluding carboxylic acids is 1. The van der Waals surface area contributed by atoms with Gasteiger partial charge in [0.05, 0.1) is 23.2 Å². The molecule has 0 aliphatic carbocycles. The Hall–Kier alpha value is -3.46. The van der Waals surface area contributed by atoms with E-state index >= 15 is 0 Å². The smallest absolute Gasteiger partial charge is 0.387 e. The zero-order valence-corrected chi connectivity index (χ0v) is 18.5. The highest BCUT2D eigenvalue weighted by Gasteiger charge is 2.21. The van der Waals surface area contributed by atoms with E-state index in [1.807, 2.05) is 31.2 Å². The Morgan fingerprint density at radius 2 is 1.62 bits per heavy atom. The van der Waals surface area contributed by atoms with Gasteiger partial charge in [-0.3, -0.25) is 9.10 Å². The van der Waals surface area contributed by atoms with E-state index in [2.05, 4.69) is 10.1 Å². The topological polar surface area (TPSA) is 75.7 Å². The second-order valence-electron chi connectivity index (χ2n) is 7.16. The highest BCUT2D eigenvalue weighted by molar-refractivity contribution is 7.92. The van der Waals surface area contributed by atoms with Gasteiger partial charge in [-0.1, -0.05) is 48.0 Å². The fourth-order valence-electron chi connectivity index (χ4n) is 3.06. The number of nitrogens with zero attached hydrogens (tertiary/aromatic N) is 1. The number of hydrogen-bond acceptors (Lipinski definition) is 4. The maximum absolute atomic E-state index is 12.9. The fourth-order valence-corrected chi connectivity index (χ4v) is 3.57. The lowest BCUT2D eigenvalue weighted by atomic mass is 10.0. The maximum Gasteiger partial charge on any atom is 0.387 e. The molecule has 32 heavy (non-hydrogen) atoms. The molecule has 0 bridgehead atoms. The van der Waals surface area contributed by atoms with Crippen molar-refractivity contribution in [2.24, 2.45) is 0 Å². The number of carbonyl (C=O) groups is 1. The van der Waals surface area contributed by atoms with Gasteiger partial charge in [-0.2, -0.15) is 8.78 Å². The summed E-state index contributed by atoms with van der Waals surface area (Å²) in [4.78, 5) is 12.9. The molecular weight excluding hydrogens is 438 g/mol. The van der Waals surface area contributed by atoms with Crippen LogP contribution >= 0.6 is 0 Å². The van der Waals surface area contributed by atoms with Crippen molar-refractivity contribution < 1.29 is 26.7 Å². The van der Waals surface area contributed by atoms with Crippen molar-refractivity contribution in [2.45, 2.75) is 13.5 Å². The summed E-state index contributed by atoms with van der Waals surface area (Å²) in [6.07, 6.45) is 1.04. The summed E-state index contributed by atoms with van der Waals surface area (Å²) in [5.41, 5.74) is 2.99. The molecule has 0 fully saturated rings. The summed E-state index contributed by atoms with van der Waals surface area (Å²) in [6.45, 7) is -1.14. The van der Waals surface area contributed by atoms with Crippen molar-refractivity contribution in [2.75, 3.05) is 22.9 Å². The van der Waals surface area contributed by atoms with Crippen LogP contribution < -0.4 is 14.4 Å². The van der Waals surface area contributed by atoms with Crippen LogP contribution in [-0.4, -0.2) is 34.2 Å². The average molecular weight is 461 g/mol. The lowest BCUT2D eigenvalue weighted by molar-refractivity contribution is -0.0501. The third kappa shape index (κ3) is 5.42. The molecule has 0 aliphatic heterocycles. The first-order valence-electron chi connectivity index (χ1n) is 9.56. The minimum absolute atomic E-state index is 0.110. The number of para-hydroxylation sites is 1. The Bertz CT molecular complexity index is 1230. The minimum atomic E-state index is -3.63. The number of halogens is 2. The van der Waals surface area contributed by atoms with Gasteiger partial charge in [-0.25, -0.2) is 8.42 Å². The van der Waals surface area contributed by atoms with Crippen LogP contribution in [-0.2, 0) is 10.0 Å². The molecule has 0 spiro atoms. The van der Waals surface area contributed by atoms with Gasteiger partial charge >= 0.3 is 6.61 Å². The zero-order chi connectivity index (χ0) is 23.5. The Balaban J connectivity index is 2.05. The molecule has 0 aliphatic rings. The Kier molecular flexibility index (Phi) is 6.78. The molecule has 1 amide bonds. The lowest BCUT2D eigenvalue weighted by Gasteiger charge is -2.22. The molecule has 6 nitrogen and oxygen atoms in total. The highest BCUT2D eigenvalue weighted by atomic mass is 32.2. The van der Waals surface area contributed by atoms with Crippen LogP contribution in [0.3, 0.4) is 0 Å². The third-order valence-electron chi connectivity index (χ3n) is 4.81. The van der Waals surface area contributed by atoms with E-state index in [1.54, 1.807) is 18.2 Å². The van der Waals surface area contributed by atoms with Gasteiger partial charge in [0.25, 0.3) is 5.91 Å². The Morgan fingerprint density at radius 3 is 2.25 bits per heavy atom. The van der Waals surface area contributed by atoms with Crippen molar-refractivity contribution in [3.63, 3.8) is 0 Å². The van der Waals surface area contributed by atoms with E-state index in [1.165, 1.54) is 31.3 Å². The van der Waals surface area contributed by atoms with Gasteiger partial charge in [0, 0.05) is 7.05 Å². The predicted molar refractivity (Wildman–Crippen MR) is 121 cm³/mol. The molecule has 3 rings (SSSR count). The van der Waals surface area contributed by atoms with E-state index < -0.39 is 22.5 Å². The average Bonchev–Trinajstić information content (AvgIpc) is 2.73. The number of anilines is 2. The second kappa shape index (κ2) is 9.35. The van der Waals surface area contributed by atoms with Crippen LogP contribution in [0.4, 0.5) is 20.2 Å². The number of benzene rings is 3. The van der Waals surface area contributed by atoms with Crippen molar-refractivity contribution >= 4 is 27.3 Å². The van der Waals surface area contributed by atoms with Crippen molar-refractivity contribution in [3.8, 4) is 16.9 Å². The fraction of sp³-hybridized carbons (Fsp3) is 0.174. The van der Waals surface area contributed by atoms with Gasteiger partial charge in [-0.15, -0.1) is 0 Å². The number of nitrogens with one attached hydrogen (secondary N) is 1. The van der Waals surface area contributed by atoms with Crippen LogP contribution in [0.1, 0.15) is 15.9 Å². The number of sulfonamides is 1. The highest BCUT2D eigenvalue weighted by Crippen LogP contribution is 2.33. The quantitative estimate of drug-likeness (QED) is 0.544. The monoisotopic (exact) mass is 460 g/mol. The number of rotatable bonds is 7. The molecule has 0 unspecified atom stereocenters. The van der Waals surface area contributed by atoms with Crippen molar-refractivity contribution in [1.29, 1.82) is 0 Å². The number of ether oxygens (including phenoxy) is 1. The standard InChI is InChI=1S/C23H22F2N2O4S/c1-15-8-10-16(11-9-15)17-12-13-20(27(2)32(3,29)30)19(14-17)26-22(28)18-6-4-5-7-21(18)31-23(24)25/h4-14,23H,1-3H3,(H,26,28). The van der Waals surface area contributed by atoms with E-state index in [4.69, 9.17) is 0 Å². The first-order valence-corrected chi connectivity index (χ1v) is 11.4. The Labute approximate surface area is 185 Å². The Morgan fingerprint density at radius 1 is 1.00 bits per heavy atom. The molecule has 0 radical (unpaired) electrons. The molecule has 0 atom stereocenters. The van der Waals surface area contributed by atoms with E-state index in [9.17, 15) is 22.0 Å². The maximum atomic E-state index is 12.9. The van der Waals surface area contributed by atoms with Crippen molar-refractivity contribution in [3.05, 3.63) is 77.9 Å². The van der Waals surface area contributed by atoms with Gasteiger partial charge in [-0.05, 0) is 42.3 Å². The first-order chi connectivity index (χ1) is 15.1. The minimum Gasteiger partial charge on any atom is -0.434 e. The van der Waals surface area contributed by atoms with Crippen LogP contribution in [0.5, 0.6) is 5.75 Å². The summed E-state index contributed by atoms with van der Waals surface area (Å²) in [7, 11) is -2.27. The van der Waals surface area contributed by atoms with Gasteiger partial charge in [0.15, 0.2) is 0 Å². The van der Waals surface area contributed by atoms with Crippen LogP contribution in [0.15, 0.2) is 66.7 Å². The van der Waals surface area contributed by atoms with Crippen LogP contribution in [0.2, 0.25) is 0 Å². The summed E-state index contributed by atoms with van der Waals surface area (Å²) in [6, 6.07) is 18.2. The molecule has 1 N–H and O–H groups in total. The zero-order valence-electron chi connectivity index (χ0n) is 17.7. The number of hydrogen-bond donors (Lipinski definition) is 1. The summed E-state index contributed by atoms with van der Waals surface area (Å²) in [5, 5.41) is 2.65. The van der Waals surface area contributed by atoms with Crippen LogP contribution in [0, 0.1) is 6.92 Å². The number of alkyl halides is 2. The first kappa shape index (κ1) is 23.2. The molecule has 0 saturated carbocycles. The van der Waals surface area contributed by atoms with Gasteiger partial charge in [0.2, 0.25) is 10.0 Å². The SMILES string of the molecule is Cc1ccc(-c2ccc(N(C)S(C)(=O)=O)c(NC(=O)c3ccccc3OC(F)F)c2)cc1. The molecule has 0 saturated heterocycles. The number of amides is 1. The largest absolute Gasteiger partial charge is 0.434 e. The number of aryl methyl sites for hydroxylation is 1. The normalized spacial score (nSPS) is 11.3. The van der Waals surface area contributed by atoms with E-state index in [0.29, 0.717) is 0 Å². The van der Waals surface area contributed by atoms with Crippen molar-refractivity contribution in [1.82, 2.24) is 0 Å². The molecule has 0 aromatic heterocycles. The summed E-state index contributed by atoms with van der Waals surface area (Å²) in [5.74, 6) is -1.00. The molecule has 3 aromatic rings. The predicted octanol–water partition coefficient (Wildman–Crippen LogP) is 4.91. The summed E-state index contributed by atoms with van der Waals surface area (Å²) >= 11 is 0.